The highest BCUT2D eigenvalue weighted by molar-refractivity contribution is 7.09. The SMILES string of the molecule is COc1ccc(CCNC(=O)NC(C)c2nccs2)cc1. The van der Waals surface area contributed by atoms with Crippen LogP contribution in [0.25, 0.3) is 0 Å². The van der Waals surface area contributed by atoms with Gasteiger partial charge in [0.2, 0.25) is 0 Å². The predicted octanol–water partition coefficient (Wildman–Crippen LogP) is 2.75. The topological polar surface area (TPSA) is 63.2 Å². The molecule has 2 rings (SSSR count). The number of thiazole rings is 1. The molecule has 2 aromatic rings. The lowest BCUT2D eigenvalue weighted by atomic mass is 10.1. The first kappa shape index (κ1) is 15.3. The normalized spacial score (nSPS) is 11.7. The van der Waals surface area contributed by atoms with Crippen molar-refractivity contribution in [1.82, 2.24) is 15.6 Å². The van der Waals surface area contributed by atoms with E-state index in [1.807, 2.05) is 36.6 Å². The monoisotopic (exact) mass is 305 g/mol. The molecule has 1 heterocycles. The Bertz CT molecular complexity index is 555. The number of hydrogen-bond acceptors (Lipinski definition) is 4. The Hall–Kier alpha value is -2.08. The lowest BCUT2D eigenvalue weighted by molar-refractivity contribution is 0.238. The number of benzene rings is 1. The Labute approximate surface area is 128 Å². The summed E-state index contributed by atoms with van der Waals surface area (Å²) < 4.78 is 5.11. The second-order valence-corrected chi connectivity index (χ2v) is 5.52. The van der Waals surface area contributed by atoms with Crippen molar-refractivity contribution in [3.8, 4) is 5.75 Å². The fraction of sp³-hybridized carbons (Fsp3) is 0.333. The number of rotatable bonds is 6. The van der Waals surface area contributed by atoms with Crippen molar-refractivity contribution in [2.24, 2.45) is 0 Å². The van der Waals surface area contributed by atoms with Crippen LogP contribution in [-0.2, 0) is 6.42 Å². The molecule has 0 spiro atoms. The molecule has 0 radical (unpaired) electrons. The summed E-state index contributed by atoms with van der Waals surface area (Å²) in [4.78, 5) is 16.0. The van der Waals surface area contributed by atoms with Crippen LogP contribution in [0.5, 0.6) is 5.75 Å². The molecule has 0 saturated carbocycles. The van der Waals surface area contributed by atoms with Crippen molar-refractivity contribution in [2.45, 2.75) is 19.4 Å². The molecule has 6 heteroatoms. The van der Waals surface area contributed by atoms with Gasteiger partial charge in [-0.25, -0.2) is 9.78 Å². The Morgan fingerprint density at radius 1 is 1.38 bits per heavy atom. The van der Waals surface area contributed by atoms with Crippen LogP contribution in [0.15, 0.2) is 35.8 Å². The van der Waals surface area contributed by atoms with Crippen LogP contribution in [0.2, 0.25) is 0 Å². The largest absolute Gasteiger partial charge is 0.497 e. The number of amides is 2. The zero-order valence-corrected chi connectivity index (χ0v) is 12.9. The van der Waals surface area contributed by atoms with Crippen molar-refractivity contribution < 1.29 is 9.53 Å². The number of carbonyl (C=O) groups is 1. The summed E-state index contributed by atoms with van der Waals surface area (Å²) >= 11 is 1.53. The highest BCUT2D eigenvalue weighted by atomic mass is 32.1. The van der Waals surface area contributed by atoms with Gasteiger partial charge in [0.05, 0.1) is 13.2 Å². The second-order valence-electron chi connectivity index (χ2n) is 4.59. The summed E-state index contributed by atoms with van der Waals surface area (Å²) in [5.74, 6) is 0.835. The van der Waals surface area contributed by atoms with E-state index in [9.17, 15) is 4.79 Å². The highest BCUT2D eigenvalue weighted by Crippen LogP contribution is 2.14. The summed E-state index contributed by atoms with van der Waals surface area (Å²) in [7, 11) is 1.64. The van der Waals surface area contributed by atoms with E-state index in [1.54, 1.807) is 13.3 Å². The van der Waals surface area contributed by atoms with E-state index in [2.05, 4.69) is 15.6 Å². The van der Waals surface area contributed by atoms with Crippen molar-refractivity contribution in [1.29, 1.82) is 0 Å². The first-order valence-corrected chi connectivity index (χ1v) is 7.63. The van der Waals surface area contributed by atoms with Gasteiger partial charge in [-0.3, -0.25) is 0 Å². The van der Waals surface area contributed by atoms with E-state index >= 15 is 0 Å². The first-order chi connectivity index (χ1) is 10.2. The Kier molecular flexibility index (Phi) is 5.57. The van der Waals surface area contributed by atoms with Crippen LogP contribution in [0.3, 0.4) is 0 Å². The molecule has 2 N–H and O–H groups in total. The van der Waals surface area contributed by atoms with Crippen LogP contribution < -0.4 is 15.4 Å². The maximum Gasteiger partial charge on any atom is 0.315 e. The third kappa shape index (κ3) is 4.75. The lowest BCUT2D eigenvalue weighted by Gasteiger charge is -2.12. The van der Waals surface area contributed by atoms with Gasteiger partial charge >= 0.3 is 6.03 Å². The van der Waals surface area contributed by atoms with E-state index in [1.165, 1.54) is 11.3 Å². The average Bonchev–Trinajstić information content (AvgIpc) is 3.02. The average molecular weight is 305 g/mol. The number of ether oxygens (including phenoxy) is 1. The molecule has 0 fully saturated rings. The zero-order chi connectivity index (χ0) is 15.1. The van der Waals surface area contributed by atoms with Crippen molar-refractivity contribution >= 4 is 17.4 Å². The molecule has 1 aromatic heterocycles. The Balaban J connectivity index is 1.71. The number of nitrogens with zero attached hydrogens (tertiary/aromatic N) is 1. The maximum absolute atomic E-state index is 11.8. The van der Waals surface area contributed by atoms with Gasteiger partial charge in [-0.2, -0.15) is 0 Å². The van der Waals surface area contributed by atoms with Gasteiger partial charge in [0.25, 0.3) is 0 Å². The smallest absolute Gasteiger partial charge is 0.315 e. The van der Waals surface area contributed by atoms with Crippen LogP contribution in [-0.4, -0.2) is 24.7 Å². The van der Waals surface area contributed by atoms with Gasteiger partial charge in [-0.05, 0) is 31.0 Å². The van der Waals surface area contributed by atoms with Gasteiger partial charge in [0.1, 0.15) is 10.8 Å². The summed E-state index contributed by atoms with van der Waals surface area (Å²) in [6.45, 7) is 2.50. The van der Waals surface area contributed by atoms with E-state index in [-0.39, 0.29) is 12.1 Å². The molecule has 0 aliphatic rings. The molecule has 0 aliphatic heterocycles. The molecule has 1 aromatic carbocycles. The maximum atomic E-state index is 11.8. The predicted molar refractivity (Wildman–Crippen MR) is 83.8 cm³/mol. The number of methoxy groups -OCH3 is 1. The van der Waals surface area contributed by atoms with E-state index in [0.29, 0.717) is 6.54 Å². The van der Waals surface area contributed by atoms with Crippen molar-refractivity contribution in [3.05, 3.63) is 46.4 Å². The van der Waals surface area contributed by atoms with Crippen molar-refractivity contribution in [3.63, 3.8) is 0 Å². The fourth-order valence-electron chi connectivity index (χ4n) is 1.87. The number of carbonyl (C=O) groups excluding carboxylic acids is 1. The van der Waals surface area contributed by atoms with E-state index in [4.69, 9.17) is 4.74 Å². The number of hydrogen-bond donors (Lipinski definition) is 2. The second kappa shape index (κ2) is 7.64. The Morgan fingerprint density at radius 3 is 2.76 bits per heavy atom. The third-order valence-electron chi connectivity index (χ3n) is 3.03. The minimum Gasteiger partial charge on any atom is -0.497 e. The molecule has 5 nitrogen and oxygen atoms in total. The zero-order valence-electron chi connectivity index (χ0n) is 12.1. The van der Waals surface area contributed by atoms with E-state index < -0.39 is 0 Å². The van der Waals surface area contributed by atoms with Crippen molar-refractivity contribution in [2.75, 3.05) is 13.7 Å². The third-order valence-corrected chi connectivity index (χ3v) is 3.99. The molecule has 21 heavy (non-hydrogen) atoms. The number of urea groups is 1. The molecule has 0 aliphatic carbocycles. The standard InChI is InChI=1S/C15H19N3O2S/c1-11(14-16-9-10-21-14)18-15(19)17-8-7-12-3-5-13(20-2)6-4-12/h3-6,9-11H,7-8H2,1-2H3,(H2,17,18,19). The van der Waals surface area contributed by atoms with Gasteiger partial charge in [-0.1, -0.05) is 12.1 Å². The molecule has 0 bridgehead atoms. The summed E-state index contributed by atoms with van der Waals surface area (Å²) in [5.41, 5.74) is 1.16. The Morgan fingerprint density at radius 2 is 2.14 bits per heavy atom. The minimum atomic E-state index is -0.175. The number of aromatic nitrogens is 1. The quantitative estimate of drug-likeness (QED) is 0.862. The molecule has 1 unspecified atom stereocenters. The molecular weight excluding hydrogens is 286 g/mol. The lowest BCUT2D eigenvalue weighted by Crippen LogP contribution is -2.38. The van der Waals surface area contributed by atoms with Gasteiger partial charge in [0.15, 0.2) is 0 Å². The van der Waals surface area contributed by atoms with Gasteiger partial charge in [0, 0.05) is 18.1 Å². The van der Waals surface area contributed by atoms with Crippen LogP contribution >= 0.6 is 11.3 Å². The summed E-state index contributed by atoms with van der Waals surface area (Å²) in [6, 6.07) is 7.57. The highest BCUT2D eigenvalue weighted by Gasteiger charge is 2.10. The van der Waals surface area contributed by atoms with Crippen LogP contribution in [0, 0.1) is 0 Å². The molecule has 0 saturated heterocycles. The van der Waals surface area contributed by atoms with E-state index in [0.717, 1.165) is 22.7 Å². The minimum absolute atomic E-state index is 0.0778. The van der Waals surface area contributed by atoms with Crippen LogP contribution in [0.1, 0.15) is 23.5 Å². The molecule has 112 valence electrons. The number of nitrogens with one attached hydrogen (secondary N) is 2. The van der Waals surface area contributed by atoms with Gasteiger partial charge in [-0.15, -0.1) is 11.3 Å². The summed E-state index contributed by atoms with van der Waals surface area (Å²) in [5, 5.41) is 8.51. The molecular formula is C15H19N3O2S. The van der Waals surface area contributed by atoms with Gasteiger partial charge < -0.3 is 15.4 Å². The summed E-state index contributed by atoms with van der Waals surface area (Å²) in [6.07, 6.45) is 2.52. The molecule has 1 atom stereocenters. The first-order valence-electron chi connectivity index (χ1n) is 6.75. The fourth-order valence-corrected chi connectivity index (χ4v) is 2.52. The van der Waals surface area contributed by atoms with Crippen LogP contribution in [0.4, 0.5) is 4.79 Å². The molecule has 2 amide bonds.